The second-order valence-electron chi connectivity index (χ2n) is 5.48. The Balaban J connectivity index is 1.80. The maximum Gasteiger partial charge on any atom is 0.227 e. The third-order valence-electron chi connectivity index (χ3n) is 4.00. The Morgan fingerprint density at radius 1 is 1.20 bits per heavy atom. The summed E-state index contributed by atoms with van der Waals surface area (Å²) in [5, 5.41) is 14.2. The molecule has 2 N–H and O–H groups in total. The molecule has 1 aliphatic carbocycles. The lowest BCUT2D eigenvalue weighted by Gasteiger charge is -2.19. The number of hydrogen-bond donors (Lipinski definition) is 2. The molecular formula is C16H20N2OS. The molecule has 0 atom stereocenters. The van der Waals surface area contributed by atoms with Crippen LogP contribution >= 0.6 is 11.3 Å². The van der Waals surface area contributed by atoms with Gasteiger partial charge >= 0.3 is 0 Å². The maximum atomic E-state index is 10.1. The SMILES string of the molecule is Cc1ccccc1Nc1nc(O)c(C2CCCCC2)s1. The Kier molecular flexibility index (Phi) is 3.92. The summed E-state index contributed by atoms with van der Waals surface area (Å²) in [6.07, 6.45) is 6.22. The molecule has 1 saturated carbocycles. The minimum absolute atomic E-state index is 0.220. The lowest BCUT2D eigenvalue weighted by atomic mass is 9.88. The minimum Gasteiger partial charge on any atom is -0.492 e. The highest BCUT2D eigenvalue weighted by Crippen LogP contribution is 2.42. The Morgan fingerprint density at radius 2 is 1.95 bits per heavy atom. The molecule has 0 bridgehead atoms. The summed E-state index contributed by atoms with van der Waals surface area (Å²) in [6.45, 7) is 2.07. The average molecular weight is 288 g/mol. The fraction of sp³-hybridized carbons (Fsp3) is 0.438. The van der Waals surface area contributed by atoms with Crippen molar-refractivity contribution >= 4 is 22.2 Å². The normalized spacial score (nSPS) is 16.2. The molecule has 1 aromatic heterocycles. The van der Waals surface area contributed by atoms with Gasteiger partial charge in [0.15, 0.2) is 5.13 Å². The molecule has 0 radical (unpaired) electrons. The molecule has 3 nitrogen and oxygen atoms in total. The number of aromatic hydroxyl groups is 1. The van der Waals surface area contributed by atoms with E-state index in [1.54, 1.807) is 11.3 Å². The van der Waals surface area contributed by atoms with Crippen molar-refractivity contribution in [2.75, 3.05) is 5.32 Å². The van der Waals surface area contributed by atoms with E-state index < -0.39 is 0 Å². The van der Waals surface area contributed by atoms with Crippen LogP contribution in [-0.4, -0.2) is 10.1 Å². The number of aryl methyl sites for hydroxylation is 1. The minimum atomic E-state index is 0.220. The maximum absolute atomic E-state index is 10.1. The third kappa shape index (κ3) is 2.80. The van der Waals surface area contributed by atoms with Crippen molar-refractivity contribution in [1.82, 2.24) is 4.98 Å². The summed E-state index contributed by atoms with van der Waals surface area (Å²) in [6, 6.07) is 8.13. The molecule has 1 aliphatic rings. The quantitative estimate of drug-likeness (QED) is 0.840. The van der Waals surface area contributed by atoms with E-state index >= 15 is 0 Å². The van der Waals surface area contributed by atoms with Crippen molar-refractivity contribution in [3.05, 3.63) is 34.7 Å². The molecule has 1 fully saturated rings. The van der Waals surface area contributed by atoms with Gasteiger partial charge in [0.25, 0.3) is 0 Å². The van der Waals surface area contributed by atoms with Crippen molar-refractivity contribution in [2.24, 2.45) is 0 Å². The van der Waals surface area contributed by atoms with Crippen molar-refractivity contribution in [2.45, 2.75) is 44.9 Å². The second kappa shape index (κ2) is 5.83. The van der Waals surface area contributed by atoms with E-state index in [0.717, 1.165) is 15.7 Å². The highest BCUT2D eigenvalue weighted by atomic mass is 32.1. The highest BCUT2D eigenvalue weighted by molar-refractivity contribution is 7.16. The molecule has 0 saturated heterocycles. The van der Waals surface area contributed by atoms with Gasteiger partial charge in [0, 0.05) is 5.69 Å². The Bertz CT molecular complexity index is 588. The van der Waals surface area contributed by atoms with Crippen LogP contribution in [0.15, 0.2) is 24.3 Å². The fourth-order valence-electron chi connectivity index (χ4n) is 2.84. The summed E-state index contributed by atoms with van der Waals surface area (Å²) in [5.41, 5.74) is 2.23. The molecule has 0 unspecified atom stereocenters. The van der Waals surface area contributed by atoms with Crippen molar-refractivity contribution < 1.29 is 5.11 Å². The van der Waals surface area contributed by atoms with E-state index in [2.05, 4.69) is 23.3 Å². The molecule has 4 heteroatoms. The molecular weight excluding hydrogens is 268 g/mol. The largest absolute Gasteiger partial charge is 0.492 e. The van der Waals surface area contributed by atoms with Gasteiger partial charge in [-0.05, 0) is 37.3 Å². The lowest BCUT2D eigenvalue weighted by Crippen LogP contribution is -2.02. The first-order chi connectivity index (χ1) is 9.74. The van der Waals surface area contributed by atoms with E-state index in [1.807, 2.05) is 18.2 Å². The number of benzene rings is 1. The summed E-state index contributed by atoms with van der Waals surface area (Å²) in [5.74, 6) is 0.714. The highest BCUT2D eigenvalue weighted by Gasteiger charge is 2.22. The number of anilines is 2. The van der Waals surface area contributed by atoms with Gasteiger partial charge in [-0.15, -0.1) is 0 Å². The van der Waals surface area contributed by atoms with E-state index in [4.69, 9.17) is 0 Å². The topological polar surface area (TPSA) is 45.2 Å². The zero-order valence-electron chi connectivity index (χ0n) is 11.7. The van der Waals surface area contributed by atoms with Gasteiger partial charge in [-0.3, -0.25) is 0 Å². The van der Waals surface area contributed by atoms with Crippen LogP contribution in [0.5, 0.6) is 5.88 Å². The van der Waals surface area contributed by atoms with Gasteiger partial charge in [0.05, 0.1) is 4.88 Å². The van der Waals surface area contributed by atoms with Crippen LogP contribution in [0.4, 0.5) is 10.8 Å². The van der Waals surface area contributed by atoms with Gasteiger partial charge in [0.2, 0.25) is 5.88 Å². The molecule has 0 spiro atoms. The van der Waals surface area contributed by atoms with Crippen LogP contribution < -0.4 is 5.32 Å². The molecule has 106 valence electrons. The zero-order chi connectivity index (χ0) is 13.9. The molecule has 0 amide bonds. The van der Waals surface area contributed by atoms with E-state index in [9.17, 15) is 5.11 Å². The second-order valence-corrected chi connectivity index (χ2v) is 6.51. The van der Waals surface area contributed by atoms with Crippen LogP contribution in [0.1, 0.15) is 48.5 Å². The van der Waals surface area contributed by atoms with E-state index in [0.29, 0.717) is 5.92 Å². The van der Waals surface area contributed by atoms with Gasteiger partial charge in [0.1, 0.15) is 0 Å². The molecule has 1 aromatic carbocycles. The van der Waals surface area contributed by atoms with Crippen molar-refractivity contribution in [1.29, 1.82) is 0 Å². The van der Waals surface area contributed by atoms with Crippen LogP contribution in [0.25, 0.3) is 0 Å². The lowest BCUT2D eigenvalue weighted by molar-refractivity contribution is 0.412. The first-order valence-electron chi connectivity index (χ1n) is 7.26. The smallest absolute Gasteiger partial charge is 0.227 e. The molecule has 20 heavy (non-hydrogen) atoms. The van der Waals surface area contributed by atoms with Gasteiger partial charge in [-0.1, -0.05) is 48.8 Å². The molecule has 3 rings (SSSR count). The number of rotatable bonds is 3. The van der Waals surface area contributed by atoms with Gasteiger partial charge in [-0.2, -0.15) is 4.98 Å². The van der Waals surface area contributed by atoms with Crippen molar-refractivity contribution in [3.8, 4) is 5.88 Å². The van der Waals surface area contributed by atoms with Crippen LogP contribution in [-0.2, 0) is 0 Å². The zero-order valence-corrected chi connectivity index (χ0v) is 12.5. The van der Waals surface area contributed by atoms with E-state index in [1.165, 1.54) is 37.7 Å². The van der Waals surface area contributed by atoms with Gasteiger partial charge in [-0.25, -0.2) is 0 Å². The standard InChI is InChI=1S/C16H20N2OS/c1-11-7-5-6-10-13(11)17-16-18-15(19)14(20-16)12-8-3-2-4-9-12/h5-7,10,12,19H,2-4,8-9H2,1H3,(H,17,18). The summed E-state index contributed by atoms with van der Waals surface area (Å²) < 4.78 is 0. The molecule has 0 aliphatic heterocycles. The first kappa shape index (κ1) is 13.4. The third-order valence-corrected chi connectivity index (χ3v) is 5.12. The molecule has 2 aromatic rings. The number of thiazole rings is 1. The summed E-state index contributed by atoms with van der Waals surface area (Å²) in [7, 11) is 0. The number of nitrogens with one attached hydrogen (secondary N) is 1. The monoisotopic (exact) mass is 288 g/mol. The average Bonchev–Trinajstić information content (AvgIpc) is 2.83. The fourth-order valence-corrected chi connectivity index (χ4v) is 3.88. The summed E-state index contributed by atoms with van der Waals surface area (Å²) >= 11 is 1.60. The predicted octanol–water partition coefficient (Wildman–Crippen LogP) is 4.95. The number of aromatic nitrogens is 1. The molecule has 1 heterocycles. The summed E-state index contributed by atoms with van der Waals surface area (Å²) in [4.78, 5) is 5.34. The van der Waals surface area contributed by atoms with Crippen LogP contribution in [0.2, 0.25) is 0 Å². The van der Waals surface area contributed by atoms with Crippen LogP contribution in [0.3, 0.4) is 0 Å². The number of para-hydroxylation sites is 1. The number of hydrogen-bond acceptors (Lipinski definition) is 4. The van der Waals surface area contributed by atoms with E-state index in [-0.39, 0.29) is 5.88 Å². The van der Waals surface area contributed by atoms with Crippen molar-refractivity contribution in [3.63, 3.8) is 0 Å². The Morgan fingerprint density at radius 3 is 2.70 bits per heavy atom. The van der Waals surface area contributed by atoms with Gasteiger partial charge < -0.3 is 10.4 Å². The predicted molar refractivity (Wildman–Crippen MR) is 84.1 cm³/mol. The Hall–Kier alpha value is -1.55. The number of nitrogens with zero attached hydrogens (tertiary/aromatic N) is 1. The Labute approximate surface area is 123 Å². The van der Waals surface area contributed by atoms with Crippen LogP contribution in [0, 0.1) is 6.92 Å². The first-order valence-corrected chi connectivity index (χ1v) is 8.08.